The Hall–Kier alpha value is -4.14. The minimum Gasteiger partial charge on any atom is -0.444 e. The fourth-order valence-corrected chi connectivity index (χ4v) is 4.79. The Morgan fingerprint density at radius 1 is 0.976 bits per heavy atom. The second kappa shape index (κ2) is 13.5. The van der Waals surface area contributed by atoms with Gasteiger partial charge in [-0.3, -0.25) is 4.79 Å². The van der Waals surface area contributed by atoms with Crippen LogP contribution in [0.4, 0.5) is 16.3 Å². The van der Waals surface area contributed by atoms with Gasteiger partial charge in [0.15, 0.2) is 5.82 Å². The molecule has 218 valence electrons. The Labute approximate surface area is 241 Å². The van der Waals surface area contributed by atoms with E-state index in [-0.39, 0.29) is 5.91 Å². The number of alkyl carbamates (subject to hydrolysis) is 1. The van der Waals surface area contributed by atoms with Crippen molar-refractivity contribution in [2.24, 2.45) is 0 Å². The van der Waals surface area contributed by atoms with E-state index in [1.165, 1.54) is 0 Å². The van der Waals surface area contributed by atoms with Crippen molar-refractivity contribution in [3.05, 3.63) is 59.9 Å². The molecular formula is C32H42N6O3. The number of pyridine rings is 1. The zero-order valence-electron chi connectivity index (χ0n) is 24.6. The highest BCUT2D eigenvalue weighted by molar-refractivity contribution is 6.06. The van der Waals surface area contributed by atoms with Gasteiger partial charge in [0.25, 0.3) is 0 Å². The number of aromatic nitrogens is 3. The van der Waals surface area contributed by atoms with Crippen molar-refractivity contribution in [3.63, 3.8) is 0 Å². The summed E-state index contributed by atoms with van der Waals surface area (Å²) in [4.78, 5) is 33.6. The number of nitrogens with zero attached hydrogens (tertiary/aromatic N) is 3. The maximum atomic E-state index is 12.5. The summed E-state index contributed by atoms with van der Waals surface area (Å²) in [6.45, 7) is 8.86. The first-order valence-corrected chi connectivity index (χ1v) is 14.5. The number of amides is 2. The molecule has 0 unspecified atom stereocenters. The molecule has 0 radical (unpaired) electrons. The van der Waals surface area contributed by atoms with Crippen LogP contribution in [0.5, 0.6) is 0 Å². The van der Waals surface area contributed by atoms with Gasteiger partial charge in [0.05, 0.1) is 11.0 Å². The van der Waals surface area contributed by atoms with Crippen LogP contribution in [0.3, 0.4) is 0 Å². The number of aryl methyl sites for hydroxylation is 1. The Kier molecular flexibility index (Phi) is 9.81. The number of carbonyl (C=O) groups is 2. The molecule has 0 atom stereocenters. The van der Waals surface area contributed by atoms with Crippen molar-refractivity contribution in [3.8, 4) is 0 Å². The lowest BCUT2D eigenvalue weighted by Crippen LogP contribution is -2.33. The van der Waals surface area contributed by atoms with Gasteiger partial charge >= 0.3 is 6.09 Å². The molecule has 0 saturated carbocycles. The number of carbonyl (C=O) groups excluding carboxylic acids is 2. The van der Waals surface area contributed by atoms with Gasteiger partial charge in [-0.1, -0.05) is 50.1 Å². The van der Waals surface area contributed by atoms with Crippen LogP contribution in [0.2, 0.25) is 0 Å². The van der Waals surface area contributed by atoms with Crippen LogP contribution in [-0.2, 0) is 22.5 Å². The summed E-state index contributed by atoms with van der Waals surface area (Å²) in [7, 11) is 0. The van der Waals surface area contributed by atoms with Crippen LogP contribution in [0.1, 0.15) is 77.6 Å². The molecule has 0 aliphatic heterocycles. The van der Waals surface area contributed by atoms with E-state index in [2.05, 4.69) is 33.2 Å². The maximum Gasteiger partial charge on any atom is 0.407 e. The number of rotatable bonds is 12. The highest BCUT2D eigenvalue weighted by Crippen LogP contribution is 2.30. The summed E-state index contributed by atoms with van der Waals surface area (Å²) in [5, 5.41) is 6.78. The minimum atomic E-state index is -0.507. The second-order valence-electron chi connectivity index (χ2n) is 11.4. The van der Waals surface area contributed by atoms with E-state index in [1.807, 2.05) is 63.2 Å². The van der Waals surface area contributed by atoms with E-state index in [0.29, 0.717) is 25.3 Å². The Morgan fingerprint density at radius 2 is 1.73 bits per heavy atom. The molecule has 0 aliphatic rings. The molecule has 4 rings (SSSR count). The van der Waals surface area contributed by atoms with Crippen LogP contribution in [0.25, 0.3) is 21.9 Å². The molecular weight excluding hydrogens is 516 g/mol. The minimum absolute atomic E-state index is 0.0187. The van der Waals surface area contributed by atoms with Gasteiger partial charge in [0, 0.05) is 37.0 Å². The van der Waals surface area contributed by atoms with E-state index in [9.17, 15) is 9.59 Å². The number of nitrogens with one attached hydrogen (secondary N) is 2. The summed E-state index contributed by atoms with van der Waals surface area (Å²) in [6, 6.07) is 16.0. The van der Waals surface area contributed by atoms with Crippen molar-refractivity contribution in [1.82, 2.24) is 19.9 Å². The van der Waals surface area contributed by atoms with E-state index in [0.717, 1.165) is 77.5 Å². The molecule has 0 fully saturated rings. The Morgan fingerprint density at radius 3 is 2.46 bits per heavy atom. The normalized spacial score (nSPS) is 11.6. The Bertz CT molecular complexity index is 1490. The summed E-state index contributed by atoms with van der Waals surface area (Å²) < 4.78 is 7.48. The van der Waals surface area contributed by atoms with Crippen LogP contribution >= 0.6 is 0 Å². The van der Waals surface area contributed by atoms with Crippen molar-refractivity contribution in [2.75, 3.05) is 17.6 Å². The molecule has 0 spiro atoms. The molecule has 2 aromatic carbocycles. The van der Waals surface area contributed by atoms with Crippen molar-refractivity contribution < 1.29 is 14.3 Å². The number of hydrogen-bond acceptors (Lipinski definition) is 6. The number of anilines is 2. The van der Waals surface area contributed by atoms with E-state index in [4.69, 9.17) is 15.5 Å². The molecule has 0 aliphatic carbocycles. The number of nitrogen functional groups attached to an aromatic ring is 1. The van der Waals surface area contributed by atoms with Crippen LogP contribution in [0.15, 0.2) is 48.5 Å². The lowest BCUT2D eigenvalue weighted by atomic mass is 10.1. The lowest BCUT2D eigenvalue weighted by molar-refractivity contribution is -0.116. The van der Waals surface area contributed by atoms with Gasteiger partial charge in [-0.15, -0.1) is 0 Å². The van der Waals surface area contributed by atoms with Crippen LogP contribution in [0, 0.1) is 0 Å². The summed E-state index contributed by atoms with van der Waals surface area (Å²) >= 11 is 0. The quantitative estimate of drug-likeness (QED) is 0.169. The molecule has 2 aromatic heterocycles. The van der Waals surface area contributed by atoms with Gasteiger partial charge in [0.1, 0.15) is 16.9 Å². The first-order valence-electron chi connectivity index (χ1n) is 14.5. The number of benzene rings is 2. The third-order valence-electron chi connectivity index (χ3n) is 6.77. The predicted molar refractivity (Wildman–Crippen MR) is 165 cm³/mol. The molecule has 4 aromatic rings. The SMILES string of the molecule is CCCCc1nc2c(N)nc3ccccc3c2n1Cc1ccc(NC(=O)CCCCCNC(=O)OC(C)(C)C)cc1. The smallest absolute Gasteiger partial charge is 0.407 e. The lowest BCUT2D eigenvalue weighted by Gasteiger charge is -2.19. The van der Waals surface area contributed by atoms with E-state index >= 15 is 0 Å². The van der Waals surface area contributed by atoms with Crippen molar-refractivity contribution in [1.29, 1.82) is 0 Å². The van der Waals surface area contributed by atoms with Crippen LogP contribution in [-0.4, -0.2) is 38.7 Å². The monoisotopic (exact) mass is 558 g/mol. The third-order valence-corrected chi connectivity index (χ3v) is 6.77. The standard InChI is InChI=1S/C32H42N6O3/c1-5-6-14-26-37-28-29(24-12-9-10-13-25(24)36-30(28)33)38(26)21-22-16-18-23(19-17-22)35-27(39)15-8-7-11-20-34-31(40)41-32(2,3)4/h9-10,12-13,16-19H,5-8,11,14-15,20-21H2,1-4H3,(H2,33,36)(H,34,40)(H,35,39). The number of imidazole rings is 1. The maximum absolute atomic E-state index is 12.5. The zero-order chi connectivity index (χ0) is 29.4. The van der Waals surface area contributed by atoms with Crippen molar-refractivity contribution >= 4 is 45.4 Å². The van der Waals surface area contributed by atoms with Gasteiger partial charge < -0.3 is 25.7 Å². The zero-order valence-corrected chi connectivity index (χ0v) is 24.6. The number of unbranched alkanes of at least 4 members (excludes halogenated alkanes) is 3. The number of ether oxygens (including phenoxy) is 1. The molecule has 2 amide bonds. The summed E-state index contributed by atoms with van der Waals surface area (Å²) in [5.74, 6) is 1.44. The molecule has 0 bridgehead atoms. The first kappa shape index (κ1) is 29.8. The average molecular weight is 559 g/mol. The number of hydrogen-bond donors (Lipinski definition) is 3. The second-order valence-corrected chi connectivity index (χ2v) is 11.4. The van der Waals surface area contributed by atoms with Gasteiger partial charge in [-0.25, -0.2) is 14.8 Å². The number of fused-ring (bicyclic) bond motifs is 3. The highest BCUT2D eigenvalue weighted by Gasteiger charge is 2.18. The first-order chi connectivity index (χ1) is 19.6. The molecule has 4 N–H and O–H groups in total. The largest absolute Gasteiger partial charge is 0.444 e. The fraction of sp³-hybridized carbons (Fsp3) is 0.438. The molecule has 9 nitrogen and oxygen atoms in total. The number of nitrogens with two attached hydrogens (primary N) is 1. The number of para-hydroxylation sites is 1. The third kappa shape index (κ3) is 8.19. The molecule has 9 heteroatoms. The van der Waals surface area contributed by atoms with Crippen molar-refractivity contribution in [2.45, 2.75) is 84.8 Å². The summed E-state index contributed by atoms with van der Waals surface area (Å²) in [6.07, 6.45) is 5.39. The predicted octanol–water partition coefficient (Wildman–Crippen LogP) is 6.58. The van der Waals surface area contributed by atoms with Gasteiger partial charge in [-0.2, -0.15) is 0 Å². The van der Waals surface area contributed by atoms with E-state index in [1.54, 1.807) is 0 Å². The fourth-order valence-electron chi connectivity index (χ4n) is 4.79. The topological polar surface area (TPSA) is 124 Å². The van der Waals surface area contributed by atoms with Gasteiger partial charge in [0.2, 0.25) is 5.91 Å². The highest BCUT2D eigenvalue weighted by atomic mass is 16.6. The molecule has 0 saturated heterocycles. The average Bonchev–Trinajstić information content (AvgIpc) is 3.28. The van der Waals surface area contributed by atoms with Gasteiger partial charge in [-0.05, 0) is 63.8 Å². The molecule has 2 heterocycles. The van der Waals surface area contributed by atoms with Crippen LogP contribution < -0.4 is 16.4 Å². The van der Waals surface area contributed by atoms with E-state index < -0.39 is 11.7 Å². The molecule has 41 heavy (non-hydrogen) atoms. The Balaban J connectivity index is 1.34. The summed E-state index contributed by atoms with van der Waals surface area (Å²) in [5.41, 5.74) is 10.3.